The maximum Gasteiger partial charge on any atom is 0.330 e. The smallest absolute Gasteiger partial charge is 0.330 e. The number of carbonyl (C=O) groups is 1. The molecule has 70 valence electrons. The summed E-state index contributed by atoms with van der Waals surface area (Å²) in [5, 5.41) is 8.51. The van der Waals surface area contributed by atoms with E-state index in [4.69, 9.17) is 9.84 Å². The fraction of sp³-hybridized carbons (Fsp3) is 0.667. The minimum Gasteiger partial charge on any atom is -0.463 e. The van der Waals surface area contributed by atoms with Gasteiger partial charge in [-0.2, -0.15) is 0 Å². The van der Waals surface area contributed by atoms with Gasteiger partial charge < -0.3 is 9.84 Å². The molecular weight excluding hydrogens is 156 g/mol. The van der Waals surface area contributed by atoms with Crippen molar-refractivity contribution in [3.05, 3.63) is 11.6 Å². The van der Waals surface area contributed by atoms with Gasteiger partial charge in [0.05, 0.1) is 6.61 Å². The Morgan fingerprint density at radius 1 is 1.58 bits per heavy atom. The Labute approximate surface area is 73.0 Å². The van der Waals surface area contributed by atoms with Gasteiger partial charge in [0, 0.05) is 12.7 Å². The lowest BCUT2D eigenvalue weighted by Gasteiger charge is -1.99. The Kier molecular flexibility index (Phi) is 6.38. The molecule has 0 aromatic heterocycles. The molecule has 0 radical (unpaired) electrons. The molecule has 0 saturated carbocycles. The number of carbonyl (C=O) groups excluding carboxylic acids is 1. The van der Waals surface area contributed by atoms with Gasteiger partial charge in [-0.05, 0) is 26.7 Å². The minimum absolute atomic E-state index is 0.161. The third kappa shape index (κ3) is 5.92. The second-order valence-corrected chi connectivity index (χ2v) is 2.57. The largest absolute Gasteiger partial charge is 0.463 e. The summed E-state index contributed by atoms with van der Waals surface area (Å²) >= 11 is 0. The van der Waals surface area contributed by atoms with Gasteiger partial charge in [0.15, 0.2) is 0 Å². The summed E-state index contributed by atoms with van der Waals surface area (Å²) in [7, 11) is 0. The maximum atomic E-state index is 10.9. The first kappa shape index (κ1) is 11.2. The van der Waals surface area contributed by atoms with Gasteiger partial charge >= 0.3 is 5.97 Å². The third-order valence-corrected chi connectivity index (χ3v) is 1.38. The number of ether oxygens (including phenoxy) is 1. The van der Waals surface area contributed by atoms with Crippen LogP contribution in [0.1, 0.15) is 26.7 Å². The molecule has 0 bridgehead atoms. The molecule has 0 rings (SSSR count). The highest BCUT2D eigenvalue weighted by atomic mass is 16.5. The molecule has 0 atom stereocenters. The van der Waals surface area contributed by atoms with E-state index in [1.165, 1.54) is 6.08 Å². The molecule has 0 fully saturated rings. The van der Waals surface area contributed by atoms with Crippen LogP contribution >= 0.6 is 0 Å². The number of aliphatic hydroxyl groups excluding tert-OH is 1. The molecular formula is C9H16O3. The Morgan fingerprint density at radius 3 is 2.75 bits per heavy atom. The summed E-state index contributed by atoms with van der Waals surface area (Å²) in [6.45, 7) is 4.19. The van der Waals surface area contributed by atoms with Crippen LogP contribution in [0.4, 0.5) is 0 Å². The van der Waals surface area contributed by atoms with E-state index in [2.05, 4.69) is 0 Å². The average Bonchev–Trinajstić information content (AvgIpc) is 2.01. The van der Waals surface area contributed by atoms with E-state index in [0.717, 1.165) is 12.0 Å². The SMILES string of the molecule is CCOC(=O)C=C(C)CCCO. The number of hydrogen-bond donors (Lipinski definition) is 1. The van der Waals surface area contributed by atoms with E-state index in [1.807, 2.05) is 6.92 Å². The number of hydrogen-bond acceptors (Lipinski definition) is 3. The maximum absolute atomic E-state index is 10.9. The van der Waals surface area contributed by atoms with Crippen LogP contribution in [0.5, 0.6) is 0 Å². The average molecular weight is 172 g/mol. The molecule has 0 amide bonds. The fourth-order valence-corrected chi connectivity index (χ4v) is 0.815. The first-order valence-electron chi connectivity index (χ1n) is 4.15. The van der Waals surface area contributed by atoms with Crippen molar-refractivity contribution in [2.45, 2.75) is 26.7 Å². The lowest BCUT2D eigenvalue weighted by molar-refractivity contribution is -0.137. The van der Waals surface area contributed by atoms with Gasteiger partial charge in [-0.15, -0.1) is 0 Å². The molecule has 0 aromatic rings. The van der Waals surface area contributed by atoms with E-state index >= 15 is 0 Å². The van der Waals surface area contributed by atoms with Crippen molar-refractivity contribution >= 4 is 5.97 Å². The zero-order valence-electron chi connectivity index (χ0n) is 7.67. The van der Waals surface area contributed by atoms with E-state index < -0.39 is 0 Å². The number of rotatable bonds is 5. The van der Waals surface area contributed by atoms with Crippen molar-refractivity contribution in [1.82, 2.24) is 0 Å². The summed E-state index contributed by atoms with van der Waals surface area (Å²) in [5.74, 6) is -0.298. The molecule has 0 aromatic carbocycles. The zero-order valence-corrected chi connectivity index (χ0v) is 7.67. The van der Waals surface area contributed by atoms with Gasteiger partial charge in [0.25, 0.3) is 0 Å². The van der Waals surface area contributed by atoms with Gasteiger partial charge in [-0.25, -0.2) is 4.79 Å². The van der Waals surface area contributed by atoms with Crippen LogP contribution in [0.2, 0.25) is 0 Å². The van der Waals surface area contributed by atoms with Crippen LogP contribution in [-0.2, 0) is 9.53 Å². The predicted octanol–water partition coefficient (Wildman–Crippen LogP) is 1.27. The molecule has 0 heterocycles. The van der Waals surface area contributed by atoms with E-state index in [1.54, 1.807) is 6.92 Å². The summed E-state index contributed by atoms with van der Waals surface area (Å²) < 4.78 is 4.71. The van der Waals surface area contributed by atoms with Crippen LogP contribution in [0, 0.1) is 0 Å². The molecule has 3 heteroatoms. The standard InChI is InChI=1S/C9H16O3/c1-3-12-9(11)7-8(2)5-4-6-10/h7,10H,3-6H2,1-2H3. The minimum atomic E-state index is -0.298. The van der Waals surface area contributed by atoms with E-state index in [9.17, 15) is 4.79 Å². The molecule has 1 N–H and O–H groups in total. The van der Waals surface area contributed by atoms with Crippen LogP contribution in [0.25, 0.3) is 0 Å². The highest BCUT2D eigenvalue weighted by molar-refractivity contribution is 5.82. The topological polar surface area (TPSA) is 46.5 Å². The van der Waals surface area contributed by atoms with Crippen LogP contribution in [-0.4, -0.2) is 24.3 Å². The Morgan fingerprint density at radius 2 is 2.25 bits per heavy atom. The fourth-order valence-electron chi connectivity index (χ4n) is 0.815. The Balaban J connectivity index is 3.72. The van der Waals surface area contributed by atoms with Crippen molar-refractivity contribution in [3.63, 3.8) is 0 Å². The first-order chi connectivity index (χ1) is 5.70. The molecule has 0 saturated heterocycles. The van der Waals surface area contributed by atoms with Crippen molar-refractivity contribution in [2.75, 3.05) is 13.2 Å². The molecule has 12 heavy (non-hydrogen) atoms. The highest BCUT2D eigenvalue weighted by Crippen LogP contribution is 2.02. The Hall–Kier alpha value is -0.830. The quantitative estimate of drug-likeness (QED) is 0.501. The van der Waals surface area contributed by atoms with Crippen molar-refractivity contribution in [2.24, 2.45) is 0 Å². The third-order valence-electron chi connectivity index (χ3n) is 1.38. The van der Waals surface area contributed by atoms with Crippen molar-refractivity contribution in [3.8, 4) is 0 Å². The van der Waals surface area contributed by atoms with Crippen molar-refractivity contribution in [1.29, 1.82) is 0 Å². The molecule has 3 nitrogen and oxygen atoms in total. The monoisotopic (exact) mass is 172 g/mol. The molecule has 0 aliphatic rings. The number of allylic oxidation sites excluding steroid dienone is 1. The molecule has 0 spiro atoms. The van der Waals surface area contributed by atoms with Gasteiger partial charge in [-0.3, -0.25) is 0 Å². The van der Waals surface area contributed by atoms with Gasteiger partial charge in [0.2, 0.25) is 0 Å². The summed E-state index contributed by atoms with van der Waals surface area (Å²) in [5.41, 5.74) is 0.947. The van der Waals surface area contributed by atoms with Crippen LogP contribution < -0.4 is 0 Å². The summed E-state index contributed by atoms with van der Waals surface area (Å²) in [4.78, 5) is 10.9. The van der Waals surface area contributed by atoms with Crippen LogP contribution in [0.3, 0.4) is 0 Å². The van der Waals surface area contributed by atoms with E-state index in [-0.39, 0.29) is 12.6 Å². The summed E-state index contributed by atoms with van der Waals surface area (Å²) in [6, 6.07) is 0. The second kappa shape index (κ2) is 6.85. The molecule has 0 unspecified atom stereocenters. The summed E-state index contributed by atoms with van der Waals surface area (Å²) in [6.07, 6.45) is 2.91. The normalized spacial score (nSPS) is 11.4. The van der Waals surface area contributed by atoms with E-state index in [0.29, 0.717) is 13.0 Å². The lowest BCUT2D eigenvalue weighted by atomic mass is 10.1. The zero-order chi connectivity index (χ0) is 9.40. The highest BCUT2D eigenvalue weighted by Gasteiger charge is 1.97. The first-order valence-corrected chi connectivity index (χ1v) is 4.15. The van der Waals surface area contributed by atoms with Crippen LogP contribution in [0.15, 0.2) is 11.6 Å². The number of esters is 1. The van der Waals surface area contributed by atoms with Gasteiger partial charge in [-0.1, -0.05) is 5.57 Å². The second-order valence-electron chi connectivity index (χ2n) is 2.57. The Bertz CT molecular complexity index is 161. The number of aliphatic hydroxyl groups is 1. The van der Waals surface area contributed by atoms with Crippen molar-refractivity contribution < 1.29 is 14.6 Å². The van der Waals surface area contributed by atoms with Gasteiger partial charge in [0.1, 0.15) is 0 Å². The predicted molar refractivity (Wildman–Crippen MR) is 46.7 cm³/mol. The molecule has 0 aliphatic carbocycles. The lowest BCUT2D eigenvalue weighted by Crippen LogP contribution is -2.00. The molecule has 0 aliphatic heterocycles.